The molecule has 0 aliphatic carbocycles. The van der Waals surface area contributed by atoms with Gasteiger partial charge >= 0.3 is 5.97 Å². The monoisotopic (exact) mass is 598 g/mol. The average molecular weight is 599 g/mol. The number of para-hydroxylation sites is 2. The number of esters is 1. The fraction of sp³-hybridized carbons (Fsp3) is 0.229. The van der Waals surface area contributed by atoms with E-state index in [1.807, 2.05) is 80.6 Å². The second-order valence-corrected chi connectivity index (χ2v) is 10.7. The Hall–Kier alpha value is -4.62. The molecule has 4 rings (SSSR count). The number of benzene rings is 4. The predicted molar refractivity (Wildman–Crippen MR) is 170 cm³/mol. The van der Waals surface area contributed by atoms with Gasteiger partial charge in [-0.3, -0.25) is 9.59 Å². The predicted octanol–water partition coefficient (Wildman–Crippen LogP) is 6.84. The van der Waals surface area contributed by atoms with Crippen LogP contribution in [0.5, 0.6) is 5.75 Å². The Morgan fingerprint density at radius 3 is 2.16 bits per heavy atom. The Bertz CT molecular complexity index is 1540. The van der Waals surface area contributed by atoms with E-state index in [1.54, 1.807) is 41.3 Å². The third-order valence-corrected chi connectivity index (χ3v) is 7.19. The number of ketones is 1. The molecule has 4 aromatic rings. The Kier molecular flexibility index (Phi) is 10.9. The van der Waals surface area contributed by atoms with E-state index >= 15 is 0 Å². The van der Waals surface area contributed by atoms with Crippen LogP contribution in [0.2, 0.25) is 5.02 Å². The first-order chi connectivity index (χ1) is 20.8. The number of hydrogen-bond donors (Lipinski definition) is 1. The molecule has 8 heteroatoms. The molecule has 1 N–H and O–H groups in total. The Labute approximate surface area is 257 Å². The standard InChI is InChI=1S/C35H35ClN2O5/c1-24(2)34(40)38(32-16-10-8-14-29(32)36)21-22-43-27-19-17-25(18-20-27)23-31(35(41)42-3)37-30-15-9-7-13-28(30)33(39)26-11-5-4-6-12-26/h4-20,24,31,37H,21-23H2,1-3H3/t31-/m0/s1. The lowest BCUT2D eigenvalue weighted by Crippen LogP contribution is -2.37. The summed E-state index contributed by atoms with van der Waals surface area (Å²) in [6, 6.07) is 30.0. The number of methoxy groups -OCH3 is 1. The van der Waals surface area contributed by atoms with Crippen LogP contribution < -0.4 is 15.0 Å². The zero-order valence-corrected chi connectivity index (χ0v) is 25.2. The average Bonchev–Trinajstić information content (AvgIpc) is 3.03. The van der Waals surface area contributed by atoms with Crippen molar-refractivity contribution in [2.45, 2.75) is 26.3 Å². The number of nitrogens with one attached hydrogen (secondary N) is 1. The van der Waals surface area contributed by atoms with Gasteiger partial charge in [0.25, 0.3) is 0 Å². The Morgan fingerprint density at radius 2 is 1.49 bits per heavy atom. The second kappa shape index (κ2) is 15.0. The van der Waals surface area contributed by atoms with Gasteiger partial charge in [0.05, 0.1) is 24.4 Å². The molecule has 0 unspecified atom stereocenters. The zero-order valence-electron chi connectivity index (χ0n) is 24.5. The van der Waals surface area contributed by atoms with Crippen molar-refractivity contribution >= 4 is 40.6 Å². The van der Waals surface area contributed by atoms with Gasteiger partial charge in [-0.2, -0.15) is 0 Å². The zero-order chi connectivity index (χ0) is 30.8. The number of nitrogens with zero attached hydrogens (tertiary/aromatic N) is 1. The van der Waals surface area contributed by atoms with Gasteiger partial charge in [-0.15, -0.1) is 0 Å². The van der Waals surface area contributed by atoms with E-state index in [-0.39, 0.29) is 24.2 Å². The van der Waals surface area contributed by atoms with Gasteiger partial charge in [0.15, 0.2) is 5.78 Å². The van der Waals surface area contributed by atoms with Gasteiger partial charge in [0.1, 0.15) is 18.4 Å². The third-order valence-electron chi connectivity index (χ3n) is 6.87. The molecule has 0 heterocycles. The molecule has 7 nitrogen and oxygen atoms in total. The number of amides is 1. The Balaban J connectivity index is 1.42. The quantitative estimate of drug-likeness (QED) is 0.134. The largest absolute Gasteiger partial charge is 0.492 e. The SMILES string of the molecule is COC(=O)[C@H](Cc1ccc(OCCN(C(=O)C(C)C)c2ccccc2Cl)cc1)Nc1ccccc1C(=O)c1ccccc1. The summed E-state index contributed by atoms with van der Waals surface area (Å²) >= 11 is 6.37. The maximum Gasteiger partial charge on any atom is 0.328 e. The Morgan fingerprint density at radius 1 is 0.837 bits per heavy atom. The van der Waals surface area contributed by atoms with Crippen molar-refractivity contribution in [2.24, 2.45) is 5.92 Å². The van der Waals surface area contributed by atoms with E-state index in [0.29, 0.717) is 46.2 Å². The molecule has 1 atom stereocenters. The topological polar surface area (TPSA) is 84.9 Å². The van der Waals surface area contributed by atoms with Gasteiger partial charge in [-0.05, 0) is 42.0 Å². The summed E-state index contributed by atoms with van der Waals surface area (Å²) in [4.78, 5) is 40.5. The smallest absolute Gasteiger partial charge is 0.328 e. The van der Waals surface area contributed by atoms with Gasteiger partial charge in [-0.25, -0.2) is 4.79 Å². The minimum absolute atomic E-state index is 0.0413. The van der Waals surface area contributed by atoms with Crippen molar-refractivity contribution in [3.63, 3.8) is 0 Å². The van der Waals surface area contributed by atoms with Crippen molar-refractivity contribution in [1.82, 2.24) is 0 Å². The molecule has 1 amide bonds. The maximum absolute atomic E-state index is 13.2. The number of carbonyl (C=O) groups excluding carboxylic acids is 3. The van der Waals surface area contributed by atoms with E-state index in [9.17, 15) is 14.4 Å². The van der Waals surface area contributed by atoms with Crippen LogP contribution in [0.3, 0.4) is 0 Å². The van der Waals surface area contributed by atoms with Crippen molar-refractivity contribution in [3.8, 4) is 5.75 Å². The molecule has 0 fully saturated rings. The van der Waals surface area contributed by atoms with Crippen molar-refractivity contribution in [1.29, 1.82) is 0 Å². The number of rotatable bonds is 13. The first-order valence-electron chi connectivity index (χ1n) is 14.1. The molecular formula is C35H35ClN2O5. The van der Waals surface area contributed by atoms with Crippen molar-refractivity contribution < 1.29 is 23.9 Å². The van der Waals surface area contributed by atoms with Crippen LogP contribution in [0.1, 0.15) is 35.3 Å². The molecule has 0 aliphatic rings. The van der Waals surface area contributed by atoms with Crippen molar-refractivity contribution in [2.75, 3.05) is 30.5 Å². The second-order valence-electron chi connectivity index (χ2n) is 10.3. The summed E-state index contributed by atoms with van der Waals surface area (Å²) in [5.41, 5.74) is 3.09. The minimum Gasteiger partial charge on any atom is -0.492 e. The van der Waals surface area contributed by atoms with Gasteiger partial charge in [0, 0.05) is 29.2 Å². The lowest BCUT2D eigenvalue weighted by atomic mass is 10.00. The van der Waals surface area contributed by atoms with Gasteiger partial charge in [-0.1, -0.05) is 92.2 Å². The first kappa shape index (κ1) is 31.3. The van der Waals surface area contributed by atoms with Crippen LogP contribution in [-0.4, -0.2) is 44.0 Å². The van der Waals surface area contributed by atoms with E-state index < -0.39 is 12.0 Å². The molecule has 0 aliphatic heterocycles. The highest BCUT2D eigenvalue weighted by atomic mass is 35.5. The molecule has 222 valence electrons. The van der Waals surface area contributed by atoms with Crippen molar-refractivity contribution in [3.05, 3.63) is 125 Å². The summed E-state index contributed by atoms with van der Waals surface area (Å²) in [6.45, 7) is 4.30. The molecule has 0 saturated heterocycles. The van der Waals surface area contributed by atoms with Crippen LogP contribution in [0.4, 0.5) is 11.4 Å². The molecule has 4 aromatic carbocycles. The summed E-state index contributed by atoms with van der Waals surface area (Å²) in [5.74, 6) is -0.203. The molecule has 0 saturated carbocycles. The molecule has 0 spiro atoms. The molecular weight excluding hydrogens is 564 g/mol. The van der Waals surface area contributed by atoms with E-state index in [2.05, 4.69) is 5.32 Å². The maximum atomic E-state index is 13.2. The number of carbonyl (C=O) groups is 3. The first-order valence-corrected chi connectivity index (χ1v) is 14.5. The van der Waals surface area contributed by atoms with Crippen LogP contribution >= 0.6 is 11.6 Å². The van der Waals surface area contributed by atoms with Gasteiger partial charge in [0.2, 0.25) is 5.91 Å². The minimum atomic E-state index is -0.729. The number of halogens is 1. The summed E-state index contributed by atoms with van der Waals surface area (Å²) in [5, 5.41) is 3.73. The van der Waals surface area contributed by atoms with E-state index in [0.717, 1.165) is 5.56 Å². The highest BCUT2D eigenvalue weighted by Gasteiger charge is 2.23. The highest BCUT2D eigenvalue weighted by molar-refractivity contribution is 6.33. The summed E-state index contributed by atoms with van der Waals surface area (Å²) in [6.07, 6.45) is 0.323. The normalized spacial score (nSPS) is 11.5. The number of ether oxygens (including phenoxy) is 2. The van der Waals surface area contributed by atoms with Crippen LogP contribution in [0.15, 0.2) is 103 Å². The summed E-state index contributed by atoms with van der Waals surface area (Å²) < 4.78 is 11.0. The third kappa shape index (κ3) is 8.23. The van der Waals surface area contributed by atoms with Crippen LogP contribution in [-0.2, 0) is 20.7 Å². The summed E-state index contributed by atoms with van der Waals surface area (Å²) in [7, 11) is 1.34. The lowest BCUT2D eigenvalue weighted by molar-refractivity contribution is -0.141. The number of anilines is 2. The fourth-order valence-electron chi connectivity index (χ4n) is 4.62. The lowest BCUT2D eigenvalue weighted by Gasteiger charge is -2.25. The highest BCUT2D eigenvalue weighted by Crippen LogP contribution is 2.27. The molecule has 0 bridgehead atoms. The van der Waals surface area contributed by atoms with Crippen LogP contribution in [0, 0.1) is 5.92 Å². The van der Waals surface area contributed by atoms with E-state index in [1.165, 1.54) is 7.11 Å². The van der Waals surface area contributed by atoms with E-state index in [4.69, 9.17) is 21.1 Å². The fourth-order valence-corrected chi connectivity index (χ4v) is 4.86. The number of hydrogen-bond acceptors (Lipinski definition) is 6. The molecule has 0 aromatic heterocycles. The van der Waals surface area contributed by atoms with Gasteiger partial charge < -0.3 is 19.7 Å². The van der Waals surface area contributed by atoms with Crippen LogP contribution in [0.25, 0.3) is 0 Å². The molecule has 0 radical (unpaired) electrons. The molecule has 43 heavy (non-hydrogen) atoms.